The lowest BCUT2D eigenvalue weighted by molar-refractivity contribution is 0.248. The van der Waals surface area contributed by atoms with E-state index < -0.39 is 0 Å². The summed E-state index contributed by atoms with van der Waals surface area (Å²) in [7, 11) is 0. The van der Waals surface area contributed by atoms with E-state index in [4.69, 9.17) is 5.84 Å². The molecule has 2 aliphatic carbocycles. The molecule has 0 aromatic heterocycles. The van der Waals surface area contributed by atoms with Gasteiger partial charge in [-0.15, -0.1) is 0 Å². The Morgan fingerprint density at radius 3 is 2.43 bits per heavy atom. The van der Waals surface area contributed by atoms with Crippen LogP contribution in [0.15, 0.2) is 0 Å². The van der Waals surface area contributed by atoms with E-state index in [2.05, 4.69) is 19.3 Å². The fourth-order valence-corrected chi connectivity index (χ4v) is 3.45. The minimum atomic E-state index is 0.572. The van der Waals surface area contributed by atoms with E-state index >= 15 is 0 Å². The maximum atomic E-state index is 5.69. The summed E-state index contributed by atoms with van der Waals surface area (Å²) < 4.78 is 0. The fraction of sp³-hybridized carbons (Fsp3) is 1.00. The molecule has 2 heteroatoms. The van der Waals surface area contributed by atoms with Crippen molar-refractivity contribution in [1.82, 2.24) is 5.43 Å². The highest BCUT2D eigenvalue weighted by atomic mass is 15.2. The molecule has 0 spiro atoms. The molecule has 0 amide bonds. The molecule has 2 rings (SSSR count). The van der Waals surface area contributed by atoms with E-state index in [1.807, 2.05) is 0 Å². The van der Waals surface area contributed by atoms with Gasteiger partial charge < -0.3 is 0 Å². The Labute approximate surface area is 87.6 Å². The molecule has 14 heavy (non-hydrogen) atoms. The van der Waals surface area contributed by atoms with Crippen molar-refractivity contribution in [2.75, 3.05) is 0 Å². The molecule has 4 unspecified atom stereocenters. The topological polar surface area (TPSA) is 38.0 Å². The average Bonchev–Trinajstić information content (AvgIpc) is 2.76. The van der Waals surface area contributed by atoms with Crippen LogP contribution in [0.5, 0.6) is 0 Å². The predicted octanol–water partition coefficient (Wildman–Crippen LogP) is 2.30. The first-order chi connectivity index (χ1) is 6.76. The summed E-state index contributed by atoms with van der Waals surface area (Å²) in [5.74, 6) is 9.45. The molecular weight excluding hydrogens is 172 g/mol. The summed E-state index contributed by atoms with van der Waals surface area (Å²) in [5, 5.41) is 0. The van der Waals surface area contributed by atoms with Crippen molar-refractivity contribution < 1.29 is 0 Å². The van der Waals surface area contributed by atoms with Gasteiger partial charge in [-0.1, -0.05) is 20.3 Å². The lowest BCUT2D eigenvalue weighted by atomic mass is 9.84. The first-order valence-electron chi connectivity index (χ1n) is 6.22. The van der Waals surface area contributed by atoms with Gasteiger partial charge in [0.1, 0.15) is 0 Å². The van der Waals surface area contributed by atoms with Crippen LogP contribution in [0.4, 0.5) is 0 Å². The first-order valence-corrected chi connectivity index (χ1v) is 6.22. The Balaban J connectivity index is 1.85. The Morgan fingerprint density at radius 2 is 1.93 bits per heavy atom. The number of hydrogen-bond donors (Lipinski definition) is 2. The van der Waals surface area contributed by atoms with E-state index in [-0.39, 0.29) is 0 Å². The summed E-state index contributed by atoms with van der Waals surface area (Å²) in [4.78, 5) is 0. The van der Waals surface area contributed by atoms with Gasteiger partial charge in [-0.05, 0) is 49.4 Å². The van der Waals surface area contributed by atoms with Gasteiger partial charge in [0.15, 0.2) is 0 Å². The third-order valence-corrected chi connectivity index (χ3v) is 4.34. The molecule has 2 nitrogen and oxygen atoms in total. The van der Waals surface area contributed by atoms with Crippen molar-refractivity contribution in [2.24, 2.45) is 29.5 Å². The zero-order valence-corrected chi connectivity index (χ0v) is 9.50. The van der Waals surface area contributed by atoms with E-state index in [0.717, 1.165) is 23.7 Å². The van der Waals surface area contributed by atoms with Crippen LogP contribution in [-0.2, 0) is 0 Å². The van der Waals surface area contributed by atoms with Gasteiger partial charge in [0, 0.05) is 6.04 Å². The minimum Gasteiger partial charge on any atom is -0.271 e. The normalized spacial score (nSPS) is 39.2. The third kappa shape index (κ3) is 1.96. The SMILES string of the molecule is CCCC(C)C(NN)C1CC2CC2C1. The van der Waals surface area contributed by atoms with E-state index in [1.54, 1.807) is 0 Å². The largest absolute Gasteiger partial charge is 0.271 e. The molecule has 0 saturated heterocycles. The predicted molar refractivity (Wildman–Crippen MR) is 59.5 cm³/mol. The smallest absolute Gasteiger partial charge is 0.0264 e. The molecule has 0 aromatic carbocycles. The highest BCUT2D eigenvalue weighted by Crippen LogP contribution is 2.55. The van der Waals surface area contributed by atoms with Crippen LogP contribution in [-0.4, -0.2) is 6.04 Å². The number of nitrogens with one attached hydrogen (secondary N) is 1. The molecule has 0 heterocycles. The first kappa shape index (κ1) is 10.4. The zero-order chi connectivity index (χ0) is 10.1. The van der Waals surface area contributed by atoms with Crippen LogP contribution >= 0.6 is 0 Å². The quantitative estimate of drug-likeness (QED) is 0.523. The summed E-state index contributed by atoms with van der Waals surface area (Å²) in [6, 6.07) is 0.572. The van der Waals surface area contributed by atoms with E-state index in [0.29, 0.717) is 6.04 Å². The zero-order valence-electron chi connectivity index (χ0n) is 9.50. The molecule has 4 atom stereocenters. The van der Waals surface area contributed by atoms with E-state index in [1.165, 1.54) is 32.1 Å². The third-order valence-electron chi connectivity index (χ3n) is 4.34. The Kier molecular flexibility index (Phi) is 3.13. The fourth-order valence-electron chi connectivity index (χ4n) is 3.45. The summed E-state index contributed by atoms with van der Waals surface area (Å²) >= 11 is 0. The van der Waals surface area contributed by atoms with Crippen LogP contribution in [0.25, 0.3) is 0 Å². The maximum Gasteiger partial charge on any atom is 0.0264 e. The monoisotopic (exact) mass is 196 g/mol. The summed E-state index contributed by atoms with van der Waals surface area (Å²) in [6.45, 7) is 4.61. The highest BCUT2D eigenvalue weighted by Gasteiger charge is 2.48. The maximum absolute atomic E-state index is 5.69. The van der Waals surface area contributed by atoms with Gasteiger partial charge in [-0.3, -0.25) is 11.3 Å². The molecule has 0 bridgehead atoms. The van der Waals surface area contributed by atoms with Gasteiger partial charge in [0.25, 0.3) is 0 Å². The highest BCUT2D eigenvalue weighted by molar-refractivity contribution is 4.99. The molecule has 2 saturated carbocycles. The van der Waals surface area contributed by atoms with Crippen LogP contribution in [0.3, 0.4) is 0 Å². The number of fused-ring (bicyclic) bond motifs is 1. The second-order valence-corrected chi connectivity index (χ2v) is 5.45. The van der Waals surface area contributed by atoms with Crippen LogP contribution in [0.2, 0.25) is 0 Å². The summed E-state index contributed by atoms with van der Waals surface area (Å²) in [6.07, 6.45) is 6.97. The molecule has 2 fully saturated rings. The Morgan fingerprint density at radius 1 is 1.29 bits per heavy atom. The Bertz CT molecular complexity index is 183. The second-order valence-electron chi connectivity index (χ2n) is 5.45. The number of hydrazine groups is 1. The molecule has 0 radical (unpaired) electrons. The lowest BCUT2D eigenvalue weighted by Gasteiger charge is -2.29. The van der Waals surface area contributed by atoms with Crippen molar-refractivity contribution in [1.29, 1.82) is 0 Å². The van der Waals surface area contributed by atoms with Gasteiger partial charge in [-0.25, -0.2) is 0 Å². The van der Waals surface area contributed by atoms with Crippen LogP contribution in [0, 0.1) is 23.7 Å². The van der Waals surface area contributed by atoms with Gasteiger partial charge in [0.05, 0.1) is 0 Å². The lowest BCUT2D eigenvalue weighted by Crippen LogP contribution is -2.45. The van der Waals surface area contributed by atoms with Crippen molar-refractivity contribution in [3.8, 4) is 0 Å². The molecule has 3 N–H and O–H groups in total. The van der Waals surface area contributed by atoms with Crippen molar-refractivity contribution in [3.63, 3.8) is 0 Å². The molecule has 2 aliphatic rings. The molecule has 0 aliphatic heterocycles. The number of nitrogens with two attached hydrogens (primary N) is 1. The molecule has 0 aromatic rings. The number of hydrogen-bond acceptors (Lipinski definition) is 2. The molecule has 82 valence electrons. The van der Waals surface area contributed by atoms with E-state index in [9.17, 15) is 0 Å². The van der Waals surface area contributed by atoms with Gasteiger partial charge in [-0.2, -0.15) is 0 Å². The Hall–Kier alpha value is -0.0800. The van der Waals surface area contributed by atoms with Crippen LogP contribution < -0.4 is 11.3 Å². The molecular formula is C12H24N2. The number of rotatable bonds is 5. The average molecular weight is 196 g/mol. The minimum absolute atomic E-state index is 0.572. The van der Waals surface area contributed by atoms with Crippen molar-refractivity contribution in [2.45, 2.75) is 52.0 Å². The van der Waals surface area contributed by atoms with Gasteiger partial charge >= 0.3 is 0 Å². The van der Waals surface area contributed by atoms with Crippen LogP contribution in [0.1, 0.15) is 46.0 Å². The van der Waals surface area contributed by atoms with Crippen molar-refractivity contribution in [3.05, 3.63) is 0 Å². The van der Waals surface area contributed by atoms with Crippen molar-refractivity contribution >= 4 is 0 Å². The second kappa shape index (κ2) is 4.19. The van der Waals surface area contributed by atoms with Gasteiger partial charge in [0.2, 0.25) is 0 Å². The standard InChI is InChI=1S/C12H24N2/c1-3-4-8(2)12(14-13)11-6-9-5-10(9)7-11/h8-12,14H,3-7,13H2,1-2H3. The summed E-state index contributed by atoms with van der Waals surface area (Å²) in [5.41, 5.74) is 3.07.